The maximum Gasteiger partial charge on any atom is 0.307 e. The average molecular weight is 246 g/mol. The molecule has 6 heteroatoms. The Balaban J connectivity index is 3.69. The summed E-state index contributed by atoms with van der Waals surface area (Å²) >= 11 is 0. The highest BCUT2D eigenvalue weighted by atomic mass is 16.5. The number of hydrogen-bond donors (Lipinski definition) is 3. The van der Waals surface area contributed by atoms with Crippen LogP contribution in [0.1, 0.15) is 13.3 Å². The van der Waals surface area contributed by atoms with Gasteiger partial charge in [0, 0.05) is 45.8 Å². The molecule has 0 heterocycles. The van der Waals surface area contributed by atoms with Gasteiger partial charge >= 0.3 is 5.97 Å². The molecule has 5 N–H and O–H groups in total. The zero-order valence-electron chi connectivity index (χ0n) is 10.8. The second-order valence-electron chi connectivity index (χ2n) is 3.72. The zero-order valence-corrected chi connectivity index (χ0v) is 10.8. The van der Waals surface area contributed by atoms with Crippen LogP contribution in [0.4, 0.5) is 0 Å². The van der Waals surface area contributed by atoms with Gasteiger partial charge in [-0.25, -0.2) is 0 Å². The van der Waals surface area contributed by atoms with Crippen LogP contribution in [0.3, 0.4) is 0 Å². The van der Waals surface area contributed by atoms with Crippen molar-refractivity contribution in [2.24, 2.45) is 11.5 Å². The largest absolute Gasteiger partial charge is 0.466 e. The summed E-state index contributed by atoms with van der Waals surface area (Å²) in [6.45, 7) is 7.52. The first-order valence-corrected chi connectivity index (χ1v) is 6.23. The van der Waals surface area contributed by atoms with Gasteiger partial charge in [-0.1, -0.05) is 0 Å². The van der Waals surface area contributed by atoms with Crippen LogP contribution in [0.25, 0.3) is 0 Å². The standard InChI is InChI=1S/C11H26N4O2/c1-2-17-11(16)3-8-15(9-5-13)10-7-14-6-4-12/h14H,2-10,12-13H2,1H3. The highest BCUT2D eigenvalue weighted by Crippen LogP contribution is 1.93. The fourth-order valence-electron chi connectivity index (χ4n) is 1.46. The van der Waals surface area contributed by atoms with Crippen molar-refractivity contribution >= 4 is 5.97 Å². The van der Waals surface area contributed by atoms with Crippen molar-refractivity contribution in [3.63, 3.8) is 0 Å². The van der Waals surface area contributed by atoms with Crippen molar-refractivity contribution in [3.05, 3.63) is 0 Å². The van der Waals surface area contributed by atoms with E-state index in [1.807, 2.05) is 6.92 Å². The smallest absolute Gasteiger partial charge is 0.307 e. The van der Waals surface area contributed by atoms with Crippen LogP contribution >= 0.6 is 0 Å². The van der Waals surface area contributed by atoms with Gasteiger partial charge in [0.1, 0.15) is 0 Å². The summed E-state index contributed by atoms with van der Waals surface area (Å²) in [4.78, 5) is 13.4. The molecule has 17 heavy (non-hydrogen) atoms. The van der Waals surface area contributed by atoms with Gasteiger partial charge in [0.15, 0.2) is 0 Å². The predicted octanol–water partition coefficient (Wildman–Crippen LogP) is -1.25. The molecule has 0 saturated heterocycles. The van der Waals surface area contributed by atoms with Crippen LogP contribution in [0.15, 0.2) is 0 Å². The van der Waals surface area contributed by atoms with Crippen LogP contribution in [0.2, 0.25) is 0 Å². The molecule has 0 aromatic carbocycles. The number of rotatable bonds is 11. The highest BCUT2D eigenvalue weighted by molar-refractivity contribution is 5.69. The van der Waals surface area contributed by atoms with Crippen LogP contribution in [-0.2, 0) is 9.53 Å². The third-order valence-corrected chi connectivity index (χ3v) is 2.31. The van der Waals surface area contributed by atoms with Crippen LogP contribution in [0, 0.1) is 0 Å². The van der Waals surface area contributed by atoms with Gasteiger partial charge in [0.25, 0.3) is 0 Å². The molecular formula is C11H26N4O2. The van der Waals surface area contributed by atoms with Crippen molar-refractivity contribution in [3.8, 4) is 0 Å². The topological polar surface area (TPSA) is 93.6 Å². The molecule has 0 aliphatic carbocycles. The number of carbonyl (C=O) groups excluding carboxylic acids is 1. The Hall–Kier alpha value is -0.690. The summed E-state index contributed by atoms with van der Waals surface area (Å²) in [7, 11) is 0. The lowest BCUT2D eigenvalue weighted by atomic mass is 10.3. The maximum atomic E-state index is 11.2. The van der Waals surface area contributed by atoms with Gasteiger partial charge in [0.05, 0.1) is 13.0 Å². The van der Waals surface area contributed by atoms with Gasteiger partial charge in [-0.15, -0.1) is 0 Å². The lowest BCUT2D eigenvalue weighted by Crippen LogP contribution is -2.38. The number of esters is 1. The lowest BCUT2D eigenvalue weighted by Gasteiger charge is -2.21. The van der Waals surface area contributed by atoms with Gasteiger partial charge in [-0.05, 0) is 6.92 Å². The molecule has 0 fully saturated rings. The molecule has 0 aromatic heterocycles. The Morgan fingerprint density at radius 2 is 1.94 bits per heavy atom. The van der Waals surface area contributed by atoms with Crippen molar-refractivity contribution in [1.29, 1.82) is 0 Å². The minimum atomic E-state index is -0.149. The molecule has 102 valence electrons. The molecule has 6 nitrogen and oxygen atoms in total. The van der Waals surface area contributed by atoms with Gasteiger partial charge < -0.3 is 26.4 Å². The maximum absolute atomic E-state index is 11.2. The van der Waals surface area contributed by atoms with E-state index in [0.29, 0.717) is 32.7 Å². The first kappa shape index (κ1) is 16.3. The fraction of sp³-hybridized carbons (Fsp3) is 0.909. The molecule has 0 radical (unpaired) electrons. The van der Waals surface area contributed by atoms with E-state index < -0.39 is 0 Å². The molecule has 0 atom stereocenters. The van der Waals surface area contributed by atoms with Crippen molar-refractivity contribution in [1.82, 2.24) is 10.2 Å². The lowest BCUT2D eigenvalue weighted by molar-refractivity contribution is -0.143. The summed E-state index contributed by atoms with van der Waals surface area (Å²) in [6.07, 6.45) is 0.421. The second-order valence-corrected chi connectivity index (χ2v) is 3.72. The Labute approximate surface area is 104 Å². The summed E-state index contributed by atoms with van der Waals surface area (Å²) < 4.78 is 4.88. The minimum absolute atomic E-state index is 0.149. The summed E-state index contributed by atoms with van der Waals surface area (Å²) in [5.74, 6) is -0.149. The molecule has 0 bridgehead atoms. The SMILES string of the molecule is CCOC(=O)CCN(CCN)CCNCCN. The number of nitrogens with one attached hydrogen (secondary N) is 1. The number of hydrogen-bond acceptors (Lipinski definition) is 6. The molecule has 0 spiro atoms. The first-order chi connectivity index (χ1) is 8.24. The normalized spacial score (nSPS) is 10.8. The second kappa shape index (κ2) is 11.8. The fourth-order valence-corrected chi connectivity index (χ4v) is 1.46. The number of nitrogens with zero attached hydrogens (tertiary/aromatic N) is 1. The Bertz CT molecular complexity index is 190. The predicted molar refractivity (Wildman–Crippen MR) is 68.7 cm³/mol. The van der Waals surface area contributed by atoms with E-state index in [9.17, 15) is 4.79 Å². The molecule has 0 amide bonds. The van der Waals surface area contributed by atoms with E-state index in [4.69, 9.17) is 16.2 Å². The third kappa shape index (κ3) is 10.2. The van der Waals surface area contributed by atoms with Gasteiger partial charge in [-0.2, -0.15) is 0 Å². The van der Waals surface area contributed by atoms with E-state index >= 15 is 0 Å². The first-order valence-electron chi connectivity index (χ1n) is 6.23. The highest BCUT2D eigenvalue weighted by Gasteiger charge is 2.07. The minimum Gasteiger partial charge on any atom is -0.466 e. The monoisotopic (exact) mass is 246 g/mol. The molecule has 0 aromatic rings. The van der Waals surface area contributed by atoms with Crippen LogP contribution < -0.4 is 16.8 Å². The Morgan fingerprint density at radius 1 is 1.18 bits per heavy atom. The van der Waals surface area contributed by atoms with Crippen LogP contribution in [0.5, 0.6) is 0 Å². The molecule has 0 saturated carbocycles. The van der Waals surface area contributed by atoms with E-state index in [1.165, 1.54) is 0 Å². The zero-order chi connectivity index (χ0) is 12.9. The van der Waals surface area contributed by atoms with Crippen molar-refractivity contribution < 1.29 is 9.53 Å². The van der Waals surface area contributed by atoms with Crippen LogP contribution in [-0.4, -0.2) is 63.3 Å². The number of nitrogens with two attached hydrogens (primary N) is 2. The summed E-state index contributed by atoms with van der Waals surface area (Å²) in [6, 6.07) is 0. The average Bonchev–Trinajstić information content (AvgIpc) is 2.32. The van der Waals surface area contributed by atoms with E-state index in [0.717, 1.165) is 26.2 Å². The van der Waals surface area contributed by atoms with Crippen molar-refractivity contribution in [2.45, 2.75) is 13.3 Å². The Morgan fingerprint density at radius 3 is 2.53 bits per heavy atom. The van der Waals surface area contributed by atoms with E-state index in [1.54, 1.807) is 0 Å². The van der Waals surface area contributed by atoms with Crippen molar-refractivity contribution in [2.75, 3.05) is 52.4 Å². The molecule has 0 aliphatic rings. The van der Waals surface area contributed by atoms with Gasteiger partial charge in [-0.3, -0.25) is 4.79 Å². The number of ether oxygens (including phenoxy) is 1. The van der Waals surface area contributed by atoms with E-state index in [2.05, 4.69) is 10.2 Å². The Kier molecular flexibility index (Phi) is 11.3. The number of carbonyl (C=O) groups is 1. The van der Waals surface area contributed by atoms with E-state index in [-0.39, 0.29) is 5.97 Å². The molecule has 0 rings (SSSR count). The molecule has 0 aliphatic heterocycles. The third-order valence-electron chi connectivity index (χ3n) is 2.31. The summed E-state index contributed by atoms with van der Waals surface area (Å²) in [5, 5.41) is 3.21. The molecular weight excluding hydrogens is 220 g/mol. The summed E-state index contributed by atoms with van der Waals surface area (Å²) in [5.41, 5.74) is 10.9. The quantitative estimate of drug-likeness (QED) is 0.311. The molecule has 0 unspecified atom stereocenters. The van der Waals surface area contributed by atoms with Gasteiger partial charge in [0.2, 0.25) is 0 Å².